The van der Waals surface area contributed by atoms with Gasteiger partial charge in [0.2, 0.25) is 0 Å². The Labute approximate surface area is 162 Å². The van der Waals surface area contributed by atoms with Crippen LogP contribution in [0.3, 0.4) is 0 Å². The second-order valence-electron chi connectivity index (χ2n) is 5.66. The zero-order valence-corrected chi connectivity index (χ0v) is 16.4. The molecule has 5 unspecified atom stereocenters. The lowest BCUT2D eigenvalue weighted by Gasteiger charge is -2.44. The smallest absolute Gasteiger partial charge is 0.303 e. The molecule has 1 aliphatic rings. The number of esters is 4. The van der Waals surface area contributed by atoms with E-state index in [1.165, 1.54) is 6.92 Å². The number of carbonyl (C=O) groups is 4. The van der Waals surface area contributed by atoms with Gasteiger partial charge in [0.1, 0.15) is 12.7 Å². The Balaban J connectivity index is 3.22. The van der Waals surface area contributed by atoms with Crippen LogP contribution in [0.15, 0.2) is 0 Å². The Morgan fingerprint density at radius 3 is 1.81 bits per heavy atom. The second kappa shape index (κ2) is 11.1. The van der Waals surface area contributed by atoms with E-state index in [-0.39, 0.29) is 13.2 Å². The topological polar surface area (TPSA) is 124 Å². The Hall–Kier alpha value is -1.85. The lowest BCUT2D eigenvalue weighted by Crippen LogP contribution is -2.63. The third-order valence-corrected chi connectivity index (χ3v) is 3.50. The number of rotatable bonds is 8. The highest BCUT2D eigenvalue weighted by Crippen LogP contribution is 2.29. The zero-order valence-electron chi connectivity index (χ0n) is 15.5. The molecule has 0 N–H and O–H groups in total. The molecule has 0 aromatic rings. The van der Waals surface area contributed by atoms with Crippen LogP contribution >= 0.6 is 12.6 Å². The van der Waals surface area contributed by atoms with Crippen LogP contribution in [0.1, 0.15) is 27.7 Å². The summed E-state index contributed by atoms with van der Waals surface area (Å²) in [7, 11) is 0. The van der Waals surface area contributed by atoms with Gasteiger partial charge in [0.15, 0.2) is 24.6 Å². The maximum atomic E-state index is 11.6. The first-order chi connectivity index (χ1) is 12.6. The summed E-state index contributed by atoms with van der Waals surface area (Å²) < 4.78 is 31.8. The predicted octanol–water partition coefficient (Wildman–Crippen LogP) is 0.0159. The zero-order chi connectivity index (χ0) is 20.6. The van der Waals surface area contributed by atoms with Crippen molar-refractivity contribution in [3.05, 3.63) is 0 Å². The Morgan fingerprint density at radius 2 is 1.33 bits per heavy atom. The van der Waals surface area contributed by atoms with Gasteiger partial charge in [-0.05, 0) is 0 Å². The molecule has 1 rings (SSSR count). The molecule has 0 saturated carbocycles. The van der Waals surface area contributed by atoms with Gasteiger partial charge >= 0.3 is 23.9 Å². The van der Waals surface area contributed by atoms with E-state index in [4.69, 9.17) is 28.4 Å². The molecule has 154 valence electrons. The molecule has 0 bridgehead atoms. The standard InChI is InChI=1S/C16H24O10S/c1-8(17)22-7-12-13(23-9(2)18)14(24-10(3)19)15(25-11(4)20)16(26-12)21-5-6-27/h12-16,27H,5-7H2,1-4H3. The van der Waals surface area contributed by atoms with Gasteiger partial charge in [0, 0.05) is 33.4 Å². The summed E-state index contributed by atoms with van der Waals surface area (Å²) in [5.41, 5.74) is 0. The average molecular weight is 408 g/mol. The van der Waals surface area contributed by atoms with Crippen molar-refractivity contribution in [1.29, 1.82) is 0 Å². The third-order valence-electron chi connectivity index (χ3n) is 3.32. The maximum absolute atomic E-state index is 11.6. The first-order valence-electron chi connectivity index (χ1n) is 8.18. The number of carbonyl (C=O) groups excluding carboxylic acids is 4. The molecule has 1 aliphatic heterocycles. The molecular formula is C16H24O10S. The van der Waals surface area contributed by atoms with Crippen LogP contribution in [0, 0.1) is 0 Å². The van der Waals surface area contributed by atoms with Crippen LogP contribution in [0.5, 0.6) is 0 Å². The molecule has 5 atom stereocenters. The SMILES string of the molecule is CC(=O)OCC1OC(OCCS)C(OC(C)=O)C(OC(C)=O)C1OC(C)=O. The van der Waals surface area contributed by atoms with Crippen molar-refractivity contribution >= 4 is 36.5 Å². The summed E-state index contributed by atoms with van der Waals surface area (Å²) in [5, 5.41) is 0. The highest BCUT2D eigenvalue weighted by atomic mass is 32.1. The lowest BCUT2D eigenvalue weighted by atomic mass is 9.98. The summed E-state index contributed by atoms with van der Waals surface area (Å²) >= 11 is 4.04. The summed E-state index contributed by atoms with van der Waals surface area (Å²) in [5.74, 6) is -2.31. The fourth-order valence-electron chi connectivity index (χ4n) is 2.49. The minimum Gasteiger partial charge on any atom is -0.463 e. The molecule has 0 aromatic carbocycles. The van der Waals surface area contributed by atoms with Crippen LogP contribution < -0.4 is 0 Å². The summed E-state index contributed by atoms with van der Waals surface area (Å²) in [6.45, 7) is 4.50. The average Bonchev–Trinajstić information content (AvgIpc) is 2.54. The first kappa shape index (κ1) is 23.2. The molecule has 0 aliphatic carbocycles. The quantitative estimate of drug-likeness (QED) is 0.334. The first-order valence-corrected chi connectivity index (χ1v) is 8.81. The minimum absolute atomic E-state index is 0.136. The highest BCUT2D eigenvalue weighted by Gasteiger charge is 2.52. The molecule has 0 spiro atoms. The van der Waals surface area contributed by atoms with E-state index in [0.29, 0.717) is 5.75 Å². The molecule has 1 heterocycles. The monoisotopic (exact) mass is 408 g/mol. The van der Waals surface area contributed by atoms with Gasteiger partial charge in [0.25, 0.3) is 0 Å². The molecule has 0 aromatic heterocycles. The van der Waals surface area contributed by atoms with Crippen LogP contribution in [0.2, 0.25) is 0 Å². The van der Waals surface area contributed by atoms with Gasteiger partial charge in [-0.3, -0.25) is 19.2 Å². The van der Waals surface area contributed by atoms with Gasteiger partial charge in [-0.2, -0.15) is 12.6 Å². The van der Waals surface area contributed by atoms with Gasteiger partial charge in [-0.25, -0.2) is 0 Å². The maximum Gasteiger partial charge on any atom is 0.303 e. The van der Waals surface area contributed by atoms with Crippen molar-refractivity contribution in [1.82, 2.24) is 0 Å². The summed E-state index contributed by atoms with van der Waals surface area (Å²) in [6, 6.07) is 0. The molecular weight excluding hydrogens is 384 g/mol. The van der Waals surface area contributed by atoms with Crippen molar-refractivity contribution in [3.8, 4) is 0 Å². The van der Waals surface area contributed by atoms with Gasteiger partial charge < -0.3 is 28.4 Å². The molecule has 0 radical (unpaired) electrons. The number of hydrogen-bond donors (Lipinski definition) is 1. The lowest BCUT2D eigenvalue weighted by molar-refractivity contribution is -0.307. The summed E-state index contributed by atoms with van der Waals surface area (Å²) in [4.78, 5) is 45.8. The number of thiol groups is 1. The van der Waals surface area contributed by atoms with Crippen molar-refractivity contribution in [2.45, 2.75) is 58.4 Å². The molecule has 1 saturated heterocycles. The van der Waals surface area contributed by atoms with Crippen LogP contribution in [0.25, 0.3) is 0 Å². The normalized spacial score (nSPS) is 27.4. The van der Waals surface area contributed by atoms with Crippen LogP contribution in [-0.2, 0) is 47.6 Å². The van der Waals surface area contributed by atoms with E-state index < -0.39 is 54.6 Å². The highest BCUT2D eigenvalue weighted by molar-refractivity contribution is 7.80. The second-order valence-corrected chi connectivity index (χ2v) is 6.11. The van der Waals surface area contributed by atoms with E-state index in [1.54, 1.807) is 0 Å². The number of ether oxygens (including phenoxy) is 6. The summed E-state index contributed by atoms with van der Waals surface area (Å²) in [6.07, 6.45) is -5.79. The minimum atomic E-state index is -1.23. The van der Waals surface area contributed by atoms with Gasteiger partial charge in [-0.1, -0.05) is 0 Å². The Morgan fingerprint density at radius 1 is 0.815 bits per heavy atom. The fourth-order valence-corrected chi connectivity index (χ4v) is 2.60. The van der Waals surface area contributed by atoms with E-state index in [1.807, 2.05) is 0 Å². The Kier molecular flexibility index (Phi) is 9.53. The van der Waals surface area contributed by atoms with Crippen molar-refractivity contribution in [2.24, 2.45) is 0 Å². The Bertz CT molecular complexity index is 551. The van der Waals surface area contributed by atoms with Gasteiger partial charge in [0.05, 0.1) is 6.61 Å². The molecule has 10 nitrogen and oxygen atoms in total. The fraction of sp³-hybridized carbons (Fsp3) is 0.750. The van der Waals surface area contributed by atoms with E-state index in [2.05, 4.69) is 12.6 Å². The number of hydrogen-bond acceptors (Lipinski definition) is 11. The molecule has 27 heavy (non-hydrogen) atoms. The molecule has 11 heteroatoms. The van der Waals surface area contributed by atoms with E-state index in [0.717, 1.165) is 20.8 Å². The largest absolute Gasteiger partial charge is 0.463 e. The molecule has 1 fully saturated rings. The van der Waals surface area contributed by atoms with Crippen molar-refractivity contribution in [2.75, 3.05) is 19.0 Å². The third kappa shape index (κ3) is 7.73. The van der Waals surface area contributed by atoms with E-state index in [9.17, 15) is 19.2 Å². The van der Waals surface area contributed by atoms with Crippen LogP contribution in [-0.4, -0.2) is 73.5 Å². The molecule has 0 amide bonds. The van der Waals surface area contributed by atoms with E-state index >= 15 is 0 Å². The van der Waals surface area contributed by atoms with Crippen LogP contribution in [0.4, 0.5) is 0 Å². The van der Waals surface area contributed by atoms with Crippen molar-refractivity contribution in [3.63, 3.8) is 0 Å². The van der Waals surface area contributed by atoms with Gasteiger partial charge in [-0.15, -0.1) is 0 Å². The van der Waals surface area contributed by atoms with Crippen molar-refractivity contribution < 1.29 is 47.6 Å². The predicted molar refractivity (Wildman–Crippen MR) is 91.8 cm³/mol.